The van der Waals surface area contributed by atoms with E-state index in [1.807, 2.05) is 10.6 Å². The second-order valence-electron chi connectivity index (χ2n) is 5.69. The molecule has 20 heavy (non-hydrogen) atoms. The van der Waals surface area contributed by atoms with Gasteiger partial charge in [0.15, 0.2) is 5.65 Å². The molecule has 5 nitrogen and oxygen atoms in total. The van der Waals surface area contributed by atoms with Gasteiger partial charge >= 0.3 is 0 Å². The SMILES string of the molecule is CC(CN1CCCC1)Cn1c(N)nc2cc(Cl)cnc21. The molecule has 1 saturated heterocycles. The first-order chi connectivity index (χ1) is 9.63. The second kappa shape index (κ2) is 5.58. The number of aromatic nitrogens is 3. The Morgan fingerprint density at radius 2 is 2.10 bits per heavy atom. The predicted molar refractivity (Wildman–Crippen MR) is 81.8 cm³/mol. The predicted octanol–water partition coefficient (Wildman–Crippen LogP) is 2.40. The van der Waals surface area contributed by atoms with E-state index in [-0.39, 0.29) is 0 Å². The van der Waals surface area contributed by atoms with Crippen LogP contribution in [0.5, 0.6) is 0 Å². The third-order valence-corrected chi connectivity index (χ3v) is 4.05. The number of imidazole rings is 1. The largest absolute Gasteiger partial charge is 0.369 e. The van der Waals surface area contributed by atoms with Gasteiger partial charge in [-0.15, -0.1) is 0 Å². The molecule has 1 atom stereocenters. The van der Waals surface area contributed by atoms with E-state index in [0.717, 1.165) is 24.3 Å². The van der Waals surface area contributed by atoms with Crippen molar-refractivity contribution < 1.29 is 0 Å². The fraction of sp³-hybridized carbons (Fsp3) is 0.571. The van der Waals surface area contributed by atoms with Crippen LogP contribution >= 0.6 is 11.6 Å². The summed E-state index contributed by atoms with van der Waals surface area (Å²) in [5.74, 6) is 1.04. The van der Waals surface area contributed by atoms with Gasteiger partial charge in [-0.2, -0.15) is 0 Å². The lowest BCUT2D eigenvalue weighted by atomic mass is 10.1. The molecular formula is C14H20ClN5. The summed E-state index contributed by atoms with van der Waals surface area (Å²) in [5, 5.41) is 0.590. The van der Waals surface area contributed by atoms with E-state index in [1.54, 1.807) is 6.20 Å². The molecule has 0 spiro atoms. The highest BCUT2D eigenvalue weighted by Crippen LogP contribution is 2.21. The molecule has 6 heteroatoms. The van der Waals surface area contributed by atoms with Crippen LogP contribution in [0.4, 0.5) is 5.95 Å². The Labute approximate surface area is 123 Å². The van der Waals surface area contributed by atoms with Crippen LogP contribution in [0.25, 0.3) is 11.2 Å². The number of rotatable bonds is 4. The molecule has 3 rings (SSSR count). The van der Waals surface area contributed by atoms with E-state index in [4.69, 9.17) is 17.3 Å². The fourth-order valence-electron chi connectivity index (χ4n) is 2.96. The molecule has 0 bridgehead atoms. The van der Waals surface area contributed by atoms with Crippen LogP contribution in [-0.4, -0.2) is 39.1 Å². The van der Waals surface area contributed by atoms with Crippen LogP contribution in [0.1, 0.15) is 19.8 Å². The normalized spacial score (nSPS) is 17.9. The average molecular weight is 294 g/mol. The molecule has 0 aliphatic carbocycles. The molecular weight excluding hydrogens is 274 g/mol. The number of hydrogen-bond donors (Lipinski definition) is 1. The summed E-state index contributed by atoms with van der Waals surface area (Å²) in [7, 11) is 0. The van der Waals surface area contributed by atoms with Gasteiger partial charge in [-0.3, -0.25) is 4.57 Å². The number of likely N-dealkylation sites (tertiary alicyclic amines) is 1. The first-order valence-electron chi connectivity index (χ1n) is 7.13. The summed E-state index contributed by atoms with van der Waals surface area (Å²) in [5.41, 5.74) is 7.60. The van der Waals surface area contributed by atoms with E-state index >= 15 is 0 Å². The molecule has 0 radical (unpaired) electrons. The van der Waals surface area contributed by atoms with E-state index < -0.39 is 0 Å². The summed E-state index contributed by atoms with van der Waals surface area (Å²) in [6.45, 7) is 6.64. The lowest BCUT2D eigenvalue weighted by Crippen LogP contribution is -2.27. The second-order valence-corrected chi connectivity index (χ2v) is 6.13. The van der Waals surface area contributed by atoms with Crippen molar-refractivity contribution in [3.8, 4) is 0 Å². The monoisotopic (exact) mass is 293 g/mol. The highest BCUT2D eigenvalue weighted by Gasteiger charge is 2.17. The zero-order valence-electron chi connectivity index (χ0n) is 11.7. The van der Waals surface area contributed by atoms with E-state index in [9.17, 15) is 0 Å². The smallest absolute Gasteiger partial charge is 0.202 e. The number of nitrogens with zero attached hydrogens (tertiary/aromatic N) is 4. The summed E-state index contributed by atoms with van der Waals surface area (Å²) in [6, 6.07) is 1.81. The molecule has 0 saturated carbocycles. The molecule has 108 valence electrons. The molecule has 1 aliphatic rings. The summed E-state index contributed by atoms with van der Waals surface area (Å²) in [4.78, 5) is 11.2. The highest BCUT2D eigenvalue weighted by molar-refractivity contribution is 6.31. The van der Waals surface area contributed by atoms with Crippen molar-refractivity contribution in [3.05, 3.63) is 17.3 Å². The molecule has 1 unspecified atom stereocenters. The van der Waals surface area contributed by atoms with Gasteiger partial charge in [0.2, 0.25) is 5.95 Å². The number of fused-ring (bicyclic) bond motifs is 1. The van der Waals surface area contributed by atoms with Gasteiger partial charge in [-0.05, 0) is 37.9 Å². The number of nitrogens with two attached hydrogens (primary N) is 1. The maximum atomic E-state index is 6.02. The van der Waals surface area contributed by atoms with Crippen molar-refractivity contribution in [1.29, 1.82) is 0 Å². The van der Waals surface area contributed by atoms with Crippen LogP contribution in [-0.2, 0) is 6.54 Å². The quantitative estimate of drug-likeness (QED) is 0.940. The lowest BCUT2D eigenvalue weighted by molar-refractivity contribution is 0.273. The van der Waals surface area contributed by atoms with E-state index in [1.165, 1.54) is 25.9 Å². The third kappa shape index (κ3) is 2.74. The van der Waals surface area contributed by atoms with E-state index in [0.29, 0.717) is 16.9 Å². The van der Waals surface area contributed by atoms with Crippen molar-refractivity contribution in [1.82, 2.24) is 19.4 Å². The number of anilines is 1. The Bertz CT molecular complexity index is 603. The minimum atomic E-state index is 0.517. The molecule has 2 N–H and O–H groups in total. The van der Waals surface area contributed by atoms with Crippen LogP contribution in [0, 0.1) is 5.92 Å². The number of halogens is 1. The van der Waals surface area contributed by atoms with Crippen molar-refractivity contribution in [2.24, 2.45) is 5.92 Å². The van der Waals surface area contributed by atoms with Crippen molar-refractivity contribution in [2.75, 3.05) is 25.4 Å². The minimum absolute atomic E-state index is 0.517. The number of hydrogen-bond acceptors (Lipinski definition) is 4. The molecule has 3 heterocycles. The number of nitrogen functional groups attached to an aromatic ring is 1. The minimum Gasteiger partial charge on any atom is -0.369 e. The maximum absolute atomic E-state index is 6.02. The van der Waals surface area contributed by atoms with Crippen molar-refractivity contribution in [3.63, 3.8) is 0 Å². The van der Waals surface area contributed by atoms with Crippen molar-refractivity contribution in [2.45, 2.75) is 26.3 Å². The Balaban J connectivity index is 1.77. The number of pyridine rings is 1. The van der Waals surface area contributed by atoms with Gasteiger partial charge in [0.05, 0.1) is 5.02 Å². The summed E-state index contributed by atoms with van der Waals surface area (Å²) < 4.78 is 1.99. The first kappa shape index (κ1) is 13.6. The Morgan fingerprint density at radius 3 is 2.85 bits per heavy atom. The Morgan fingerprint density at radius 1 is 1.35 bits per heavy atom. The van der Waals surface area contributed by atoms with Crippen LogP contribution < -0.4 is 5.73 Å². The molecule has 2 aromatic heterocycles. The van der Waals surface area contributed by atoms with Gasteiger partial charge in [-0.1, -0.05) is 18.5 Å². The fourth-order valence-corrected chi connectivity index (χ4v) is 3.11. The first-order valence-corrected chi connectivity index (χ1v) is 7.51. The summed E-state index contributed by atoms with van der Waals surface area (Å²) >= 11 is 5.94. The maximum Gasteiger partial charge on any atom is 0.202 e. The zero-order valence-corrected chi connectivity index (χ0v) is 12.5. The lowest BCUT2D eigenvalue weighted by Gasteiger charge is -2.20. The van der Waals surface area contributed by atoms with Gasteiger partial charge in [0.25, 0.3) is 0 Å². The zero-order chi connectivity index (χ0) is 14.1. The summed E-state index contributed by atoms with van der Waals surface area (Å²) in [6.07, 6.45) is 4.29. The highest BCUT2D eigenvalue weighted by atomic mass is 35.5. The van der Waals surface area contributed by atoms with Gasteiger partial charge in [-0.25, -0.2) is 9.97 Å². The molecule has 0 amide bonds. The Hall–Kier alpha value is -1.33. The standard InChI is InChI=1S/C14H20ClN5/c1-10(8-19-4-2-3-5-19)9-20-13-12(18-14(20)16)6-11(15)7-17-13/h6-7,10H,2-5,8-9H2,1H3,(H2,16,18). The van der Waals surface area contributed by atoms with Gasteiger partial charge < -0.3 is 10.6 Å². The third-order valence-electron chi connectivity index (χ3n) is 3.84. The molecule has 1 aliphatic heterocycles. The average Bonchev–Trinajstić information content (AvgIpc) is 2.98. The van der Waals surface area contributed by atoms with Crippen LogP contribution in [0.2, 0.25) is 5.02 Å². The van der Waals surface area contributed by atoms with Crippen LogP contribution in [0.3, 0.4) is 0 Å². The van der Waals surface area contributed by atoms with Crippen molar-refractivity contribution >= 4 is 28.7 Å². The van der Waals surface area contributed by atoms with Crippen LogP contribution in [0.15, 0.2) is 12.3 Å². The van der Waals surface area contributed by atoms with Gasteiger partial charge in [0, 0.05) is 19.3 Å². The Kier molecular flexibility index (Phi) is 3.81. The van der Waals surface area contributed by atoms with Gasteiger partial charge in [0.1, 0.15) is 5.52 Å². The molecule has 0 aromatic carbocycles. The molecule has 2 aromatic rings. The molecule has 1 fully saturated rings. The van der Waals surface area contributed by atoms with E-state index in [2.05, 4.69) is 21.8 Å². The topological polar surface area (TPSA) is 60.0 Å².